The maximum absolute atomic E-state index is 13.5. The third-order valence-electron chi connectivity index (χ3n) is 2.64. The second-order valence-electron chi connectivity index (χ2n) is 3.90. The summed E-state index contributed by atoms with van der Waals surface area (Å²) in [7, 11) is 0. The Bertz CT molecular complexity index is 404. The minimum atomic E-state index is -2.13. The molecule has 0 amide bonds. The number of hydrogen-bond acceptors (Lipinski definition) is 1. The van der Waals surface area contributed by atoms with Crippen LogP contribution in [0.3, 0.4) is 0 Å². The first-order valence-corrected chi connectivity index (χ1v) is 5.70. The van der Waals surface area contributed by atoms with E-state index in [2.05, 4.69) is 5.32 Å². The molecule has 0 fully saturated rings. The zero-order chi connectivity index (χ0) is 13.9. The van der Waals surface area contributed by atoms with Crippen molar-refractivity contribution in [3.05, 3.63) is 34.6 Å². The first-order chi connectivity index (χ1) is 8.45. The normalized spacial score (nSPS) is 12.8. The highest BCUT2D eigenvalue weighted by molar-refractivity contribution is 5.27. The Hall–Kier alpha value is -1.17. The molecule has 6 heteroatoms. The van der Waals surface area contributed by atoms with Gasteiger partial charge in [0.2, 0.25) is 5.82 Å². The van der Waals surface area contributed by atoms with E-state index in [1.807, 2.05) is 6.92 Å². The number of benzene rings is 1. The molecule has 1 nitrogen and oxygen atoms in total. The molecule has 18 heavy (non-hydrogen) atoms. The molecule has 102 valence electrons. The van der Waals surface area contributed by atoms with Crippen LogP contribution in [0.5, 0.6) is 0 Å². The summed E-state index contributed by atoms with van der Waals surface area (Å²) < 4.78 is 65.9. The van der Waals surface area contributed by atoms with E-state index >= 15 is 0 Å². The summed E-state index contributed by atoms with van der Waals surface area (Å²) >= 11 is 0. The number of hydrogen-bond donors (Lipinski definition) is 1. The second-order valence-corrected chi connectivity index (χ2v) is 3.90. The van der Waals surface area contributed by atoms with E-state index < -0.39 is 40.7 Å². The van der Waals surface area contributed by atoms with Gasteiger partial charge in [0.1, 0.15) is 0 Å². The zero-order valence-electron chi connectivity index (χ0n) is 10.1. The van der Waals surface area contributed by atoms with Crippen molar-refractivity contribution in [2.75, 3.05) is 6.54 Å². The van der Waals surface area contributed by atoms with Gasteiger partial charge in [0.25, 0.3) is 0 Å². The highest BCUT2D eigenvalue weighted by Gasteiger charge is 2.29. The fourth-order valence-electron chi connectivity index (χ4n) is 1.70. The summed E-state index contributed by atoms with van der Waals surface area (Å²) in [5.74, 6) is -9.45. The Kier molecular flexibility index (Phi) is 5.07. The Balaban J connectivity index is 3.30. The van der Waals surface area contributed by atoms with Gasteiger partial charge in [0, 0.05) is 11.6 Å². The maximum Gasteiger partial charge on any atom is 0.200 e. The van der Waals surface area contributed by atoms with E-state index in [-0.39, 0.29) is 6.42 Å². The van der Waals surface area contributed by atoms with Crippen LogP contribution in [0.1, 0.15) is 38.3 Å². The van der Waals surface area contributed by atoms with E-state index in [9.17, 15) is 22.0 Å². The van der Waals surface area contributed by atoms with Crippen molar-refractivity contribution < 1.29 is 22.0 Å². The molecule has 0 saturated carbocycles. The third kappa shape index (κ3) is 2.63. The number of nitrogens with one attached hydrogen (secondary N) is 1. The van der Waals surface area contributed by atoms with E-state index in [4.69, 9.17) is 0 Å². The smallest absolute Gasteiger partial charge is 0.200 e. The Morgan fingerprint density at radius 1 is 0.833 bits per heavy atom. The lowest BCUT2D eigenvalue weighted by molar-refractivity contribution is 0.354. The molecule has 1 N–H and O–H groups in total. The number of halogens is 5. The van der Waals surface area contributed by atoms with E-state index in [1.54, 1.807) is 6.92 Å². The molecule has 0 heterocycles. The molecule has 0 bridgehead atoms. The molecule has 0 aliphatic rings. The lowest BCUT2D eigenvalue weighted by Crippen LogP contribution is -2.25. The molecule has 1 rings (SSSR count). The maximum atomic E-state index is 13.5. The van der Waals surface area contributed by atoms with Crippen LogP contribution in [0, 0.1) is 29.1 Å². The summed E-state index contributed by atoms with van der Waals surface area (Å²) in [5.41, 5.74) is -0.789. The van der Waals surface area contributed by atoms with Gasteiger partial charge in [-0.25, -0.2) is 22.0 Å². The van der Waals surface area contributed by atoms with Gasteiger partial charge in [0.15, 0.2) is 23.3 Å². The monoisotopic (exact) mass is 267 g/mol. The van der Waals surface area contributed by atoms with E-state index in [0.717, 1.165) is 0 Å². The fourth-order valence-corrected chi connectivity index (χ4v) is 1.70. The standard InChI is InChI=1S/C12H14F5N/c1-3-5-18-6(4-2)7-8(13)10(15)12(17)11(16)9(7)14/h6,18H,3-5H2,1-2H3. The topological polar surface area (TPSA) is 12.0 Å². The molecule has 1 aromatic rings. The SMILES string of the molecule is CCCNC(CC)c1c(F)c(F)c(F)c(F)c1F. The van der Waals surface area contributed by atoms with Gasteiger partial charge >= 0.3 is 0 Å². The first kappa shape index (κ1) is 14.9. The average molecular weight is 267 g/mol. The minimum absolute atomic E-state index is 0.221. The molecular weight excluding hydrogens is 253 g/mol. The lowest BCUT2D eigenvalue weighted by atomic mass is 10.0. The van der Waals surface area contributed by atoms with Crippen LogP contribution in [-0.4, -0.2) is 6.54 Å². The highest BCUT2D eigenvalue weighted by atomic mass is 19.2. The molecule has 0 aromatic heterocycles. The molecule has 1 unspecified atom stereocenters. The Morgan fingerprint density at radius 3 is 1.67 bits per heavy atom. The van der Waals surface area contributed by atoms with Crippen molar-refractivity contribution in [1.82, 2.24) is 5.32 Å². The van der Waals surface area contributed by atoms with Crippen LogP contribution in [0.4, 0.5) is 22.0 Å². The first-order valence-electron chi connectivity index (χ1n) is 5.70. The quantitative estimate of drug-likeness (QED) is 0.485. The average Bonchev–Trinajstić information content (AvgIpc) is 2.38. The van der Waals surface area contributed by atoms with Crippen molar-refractivity contribution in [2.45, 2.75) is 32.7 Å². The van der Waals surface area contributed by atoms with E-state index in [1.165, 1.54) is 0 Å². The van der Waals surface area contributed by atoms with Crippen LogP contribution >= 0.6 is 0 Å². The van der Waals surface area contributed by atoms with Crippen molar-refractivity contribution >= 4 is 0 Å². The predicted molar refractivity (Wildman–Crippen MR) is 57.6 cm³/mol. The summed E-state index contributed by atoms with van der Waals surface area (Å²) in [5, 5.41) is 2.76. The van der Waals surface area contributed by atoms with Gasteiger partial charge in [0.05, 0.1) is 0 Å². The Morgan fingerprint density at radius 2 is 1.28 bits per heavy atom. The van der Waals surface area contributed by atoms with Crippen LogP contribution in [0.15, 0.2) is 0 Å². The summed E-state index contributed by atoms with van der Waals surface area (Å²) in [6.45, 7) is 3.86. The van der Waals surface area contributed by atoms with Crippen molar-refractivity contribution in [1.29, 1.82) is 0 Å². The van der Waals surface area contributed by atoms with Crippen LogP contribution < -0.4 is 5.32 Å². The van der Waals surface area contributed by atoms with Crippen LogP contribution in [-0.2, 0) is 0 Å². The molecule has 1 aromatic carbocycles. The molecule has 0 aliphatic carbocycles. The van der Waals surface area contributed by atoms with Gasteiger partial charge in [-0.05, 0) is 19.4 Å². The van der Waals surface area contributed by atoms with Crippen LogP contribution in [0.25, 0.3) is 0 Å². The largest absolute Gasteiger partial charge is 0.310 e. The van der Waals surface area contributed by atoms with Gasteiger partial charge in [-0.3, -0.25) is 0 Å². The summed E-state index contributed by atoms with van der Waals surface area (Å²) in [6, 6.07) is -0.894. The molecule has 0 radical (unpaired) electrons. The third-order valence-corrected chi connectivity index (χ3v) is 2.64. The second kappa shape index (κ2) is 6.13. The Labute approximate surface area is 102 Å². The summed E-state index contributed by atoms with van der Waals surface area (Å²) in [6.07, 6.45) is 0.907. The molecule has 0 spiro atoms. The van der Waals surface area contributed by atoms with Gasteiger partial charge < -0.3 is 5.32 Å². The van der Waals surface area contributed by atoms with E-state index in [0.29, 0.717) is 13.0 Å². The van der Waals surface area contributed by atoms with Crippen LogP contribution in [0.2, 0.25) is 0 Å². The van der Waals surface area contributed by atoms with Crippen molar-refractivity contribution in [3.63, 3.8) is 0 Å². The molecular formula is C12H14F5N. The van der Waals surface area contributed by atoms with Crippen molar-refractivity contribution in [2.24, 2.45) is 0 Å². The number of rotatable bonds is 5. The molecule has 0 aliphatic heterocycles. The zero-order valence-corrected chi connectivity index (χ0v) is 10.1. The predicted octanol–water partition coefficient (Wildman–Crippen LogP) is 3.83. The minimum Gasteiger partial charge on any atom is -0.310 e. The lowest BCUT2D eigenvalue weighted by Gasteiger charge is -2.19. The molecule has 0 saturated heterocycles. The van der Waals surface area contributed by atoms with Gasteiger partial charge in [-0.2, -0.15) is 0 Å². The van der Waals surface area contributed by atoms with Gasteiger partial charge in [-0.15, -0.1) is 0 Å². The van der Waals surface area contributed by atoms with Gasteiger partial charge in [-0.1, -0.05) is 13.8 Å². The van der Waals surface area contributed by atoms with Crippen molar-refractivity contribution in [3.8, 4) is 0 Å². The molecule has 1 atom stereocenters. The summed E-state index contributed by atoms with van der Waals surface area (Å²) in [4.78, 5) is 0. The fraction of sp³-hybridized carbons (Fsp3) is 0.500. The highest BCUT2D eigenvalue weighted by Crippen LogP contribution is 2.29.